The lowest BCUT2D eigenvalue weighted by Gasteiger charge is -1.91. The number of fused-ring (bicyclic) bond motifs is 1. The minimum Gasteiger partial charge on any atom is -0.425 e. The first-order valence-corrected chi connectivity index (χ1v) is 3.45. The van der Waals surface area contributed by atoms with Crippen LogP contribution in [0.25, 0.3) is 11.2 Å². The highest BCUT2D eigenvalue weighted by Gasteiger charge is 2.04. The molecule has 0 N–H and O–H groups in total. The molecule has 11 heavy (non-hydrogen) atoms. The predicted octanol–water partition coefficient (Wildman–Crippen LogP) is 1.18. The molecule has 2 aromatic heterocycles. The second-order valence-electron chi connectivity index (χ2n) is 2.18. The lowest BCUT2D eigenvalue weighted by Crippen LogP contribution is -1.89. The maximum Gasteiger partial charge on any atom is 0.250 e. The van der Waals surface area contributed by atoms with Crippen molar-refractivity contribution >= 4 is 11.2 Å². The van der Waals surface area contributed by atoms with Crippen LogP contribution in [0.2, 0.25) is 0 Å². The standard InChI is InChI=1S/C7H7N3O/c1-2-5-6-7(9-3-8-5)11-4-10-6/h3-4H,2H2,1H3. The summed E-state index contributed by atoms with van der Waals surface area (Å²) in [5.74, 6) is 0. The van der Waals surface area contributed by atoms with Crippen molar-refractivity contribution in [3.05, 3.63) is 18.4 Å². The molecule has 0 unspecified atom stereocenters. The maximum absolute atomic E-state index is 5.00. The van der Waals surface area contributed by atoms with E-state index in [9.17, 15) is 0 Å². The van der Waals surface area contributed by atoms with Gasteiger partial charge in [0.2, 0.25) is 5.71 Å². The summed E-state index contributed by atoms with van der Waals surface area (Å²) in [7, 11) is 0. The van der Waals surface area contributed by atoms with Crippen LogP contribution in [0.3, 0.4) is 0 Å². The Morgan fingerprint density at radius 2 is 2.27 bits per heavy atom. The highest BCUT2D eigenvalue weighted by Crippen LogP contribution is 2.11. The Balaban J connectivity index is 2.79. The first-order valence-electron chi connectivity index (χ1n) is 3.45. The highest BCUT2D eigenvalue weighted by molar-refractivity contribution is 5.69. The van der Waals surface area contributed by atoms with Crippen LogP contribution >= 0.6 is 0 Å². The summed E-state index contributed by atoms with van der Waals surface area (Å²) in [6.07, 6.45) is 3.73. The van der Waals surface area contributed by atoms with Crippen molar-refractivity contribution in [1.82, 2.24) is 15.0 Å². The van der Waals surface area contributed by atoms with Crippen LogP contribution in [0.1, 0.15) is 12.6 Å². The molecule has 0 aromatic carbocycles. The van der Waals surface area contributed by atoms with Gasteiger partial charge in [0.15, 0.2) is 11.9 Å². The van der Waals surface area contributed by atoms with E-state index in [1.807, 2.05) is 6.92 Å². The van der Waals surface area contributed by atoms with Gasteiger partial charge in [-0.1, -0.05) is 6.92 Å². The number of aryl methyl sites for hydroxylation is 1. The minimum absolute atomic E-state index is 0.567. The van der Waals surface area contributed by atoms with Crippen molar-refractivity contribution in [2.24, 2.45) is 0 Å². The zero-order valence-electron chi connectivity index (χ0n) is 6.11. The predicted molar refractivity (Wildman–Crippen MR) is 39.0 cm³/mol. The Labute approximate surface area is 63.3 Å². The molecule has 4 nitrogen and oxygen atoms in total. The van der Waals surface area contributed by atoms with Gasteiger partial charge in [0, 0.05) is 0 Å². The third-order valence-corrected chi connectivity index (χ3v) is 1.55. The number of nitrogens with zero attached hydrogens (tertiary/aromatic N) is 3. The Hall–Kier alpha value is -1.45. The van der Waals surface area contributed by atoms with Crippen molar-refractivity contribution in [3.8, 4) is 0 Å². The normalized spacial score (nSPS) is 10.6. The molecular formula is C7H7N3O. The summed E-state index contributed by atoms with van der Waals surface area (Å²) >= 11 is 0. The van der Waals surface area contributed by atoms with E-state index in [4.69, 9.17) is 4.42 Å². The van der Waals surface area contributed by atoms with Gasteiger partial charge in [-0.25, -0.2) is 9.97 Å². The van der Waals surface area contributed by atoms with Gasteiger partial charge < -0.3 is 4.42 Å². The number of aromatic nitrogens is 3. The molecule has 4 heteroatoms. The van der Waals surface area contributed by atoms with E-state index in [0.29, 0.717) is 5.71 Å². The SMILES string of the molecule is CCc1ncnc2ocnc12. The molecule has 0 atom stereocenters. The van der Waals surface area contributed by atoms with Crippen molar-refractivity contribution in [3.63, 3.8) is 0 Å². The number of hydrogen-bond donors (Lipinski definition) is 0. The Bertz CT molecular complexity index is 368. The second kappa shape index (κ2) is 2.30. The molecule has 2 rings (SSSR count). The zero-order valence-corrected chi connectivity index (χ0v) is 6.11. The monoisotopic (exact) mass is 149 g/mol. The van der Waals surface area contributed by atoms with Crippen molar-refractivity contribution in [1.29, 1.82) is 0 Å². The fraction of sp³-hybridized carbons (Fsp3) is 0.286. The van der Waals surface area contributed by atoms with E-state index in [2.05, 4.69) is 15.0 Å². The van der Waals surface area contributed by atoms with E-state index in [1.165, 1.54) is 12.7 Å². The van der Waals surface area contributed by atoms with Crippen LogP contribution in [-0.2, 0) is 6.42 Å². The van der Waals surface area contributed by atoms with E-state index in [0.717, 1.165) is 17.6 Å². The quantitative estimate of drug-likeness (QED) is 0.610. The fourth-order valence-electron chi connectivity index (χ4n) is 1.00. The average molecular weight is 149 g/mol. The third kappa shape index (κ3) is 0.869. The van der Waals surface area contributed by atoms with E-state index < -0.39 is 0 Å². The molecular weight excluding hydrogens is 142 g/mol. The number of oxazole rings is 1. The van der Waals surface area contributed by atoms with Crippen LogP contribution in [0.15, 0.2) is 17.1 Å². The van der Waals surface area contributed by atoms with Gasteiger partial charge in [0.25, 0.3) is 0 Å². The molecule has 0 aliphatic rings. The van der Waals surface area contributed by atoms with Gasteiger partial charge >= 0.3 is 0 Å². The molecule has 2 heterocycles. The lowest BCUT2D eigenvalue weighted by atomic mass is 10.3. The van der Waals surface area contributed by atoms with E-state index in [1.54, 1.807) is 0 Å². The summed E-state index contributed by atoms with van der Waals surface area (Å²) in [4.78, 5) is 12.0. The molecule has 0 aliphatic heterocycles. The Morgan fingerprint density at radius 3 is 3.09 bits per heavy atom. The Kier molecular flexibility index (Phi) is 1.31. The van der Waals surface area contributed by atoms with Gasteiger partial charge in [-0.2, -0.15) is 4.98 Å². The molecule has 0 saturated heterocycles. The summed E-state index contributed by atoms with van der Waals surface area (Å²) in [6.45, 7) is 2.02. The van der Waals surface area contributed by atoms with Gasteiger partial charge in [-0.05, 0) is 6.42 Å². The van der Waals surface area contributed by atoms with Crippen LogP contribution in [0, 0.1) is 0 Å². The number of hydrogen-bond acceptors (Lipinski definition) is 4. The summed E-state index contributed by atoms with van der Waals surface area (Å²) in [5.41, 5.74) is 2.27. The molecule has 0 bridgehead atoms. The number of rotatable bonds is 1. The summed E-state index contributed by atoms with van der Waals surface area (Å²) in [5, 5.41) is 0. The topological polar surface area (TPSA) is 51.8 Å². The van der Waals surface area contributed by atoms with Crippen LogP contribution in [0.5, 0.6) is 0 Å². The molecule has 0 aliphatic carbocycles. The molecule has 0 amide bonds. The summed E-state index contributed by atoms with van der Waals surface area (Å²) < 4.78 is 5.00. The lowest BCUT2D eigenvalue weighted by molar-refractivity contribution is 0.590. The summed E-state index contributed by atoms with van der Waals surface area (Å²) in [6, 6.07) is 0. The molecule has 56 valence electrons. The largest absolute Gasteiger partial charge is 0.425 e. The molecule has 2 aromatic rings. The smallest absolute Gasteiger partial charge is 0.250 e. The van der Waals surface area contributed by atoms with Crippen molar-refractivity contribution < 1.29 is 4.42 Å². The molecule has 0 fully saturated rings. The molecule has 0 spiro atoms. The molecule has 0 saturated carbocycles. The maximum atomic E-state index is 5.00. The molecule has 0 radical (unpaired) electrons. The first kappa shape index (κ1) is 6.27. The van der Waals surface area contributed by atoms with Crippen LogP contribution in [0.4, 0.5) is 0 Å². The van der Waals surface area contributed by atoms with E-state index >= 15 is 0 Å². The second-order valence-corrected chi connectivity index (χ2v) is 2.18. The first-order chi connectivity index (χ1) is 5.42. The minimum atomic E-state index is 0.567. The van der Waals surface area contributed by atoms with Crippen molar-refractivity contribution in [2.45, 2.75) is 13.3 Å². The van der Waals surface area contributed by atoms with Crippen LogP contribution < -0.4 is 0 Å². The fourth-order valence-corrected chi connectivity index (χ4v) is 1.00. The zero-order chi connectivity index (χ0) is 7.68. The van der Waals surface area contributed by atoms with Crippen molar-refractivity contribution in [2.75, 3.05) is 0 Å². The Morgan fingerprint density at radius 1 is 1.36 bits per heavy atom. The third-order valence-electron chi connectivity index (χ3n) is 1.55. The van der Waals surface area contributed by atoms with Gasteiger partial charge in [-0.15, -0.1) is 0 Å². The van der Waals surface area contributed by atoms with Gasteiger partial charge in [0.1, 0.15) is 6.33 Å². The van der Waals surface area contributed by atoms with Gasteiger partial charge in [0.05, 0.1) is 5.69 Å². The highest BCUT2D eigenvalue weighted by atomic mass is 16.3. The average Bonchev–Trinajstić information content (AvgIpc) is 2.50. The van der Waals surface area contributed by atoms with Gasteiger partial charge in [-0.3, -0.25) is 0 Å². The van der Waals surface area contributed by atoms with Crippen LogP contribution in [-0.4, -0.2) is 15.0 Å². The van der Waals surface area contributed by atoms with E-state index in [-0.39, 0.29) is 0 Å².